The molecule has 0 unspecified atom stereocenters. The molecular formula is C20H30O2. The van der Waals surface area contributed by atoms with Gasteiger partial charge in [0.25, 0.3) is 0 Å². The Hall–Kier alpha value is -1.04. The van der Waals surface area contributed by atoms with Crippen LogP contribution in [0.3, 0.4) is 0 Å². The summed E-state index contributed by atoms with van der Waals surface area (Å²) in [5.41, 5.74) is -0.567. The van der Waals surface area contributed by atoms with E-state index < -0.39 is 0 Å². The van der Waals surface area contributed by atoms with E-state index in [1.165, 1.54) is 38.5 Å². The number of rotatable bonds is 6. The van der Waals surface area contributed by atoms with Crippen LogP contribution in [0.4, 0.5) is 0 Å². The molecule has 2 aliphatic rings. The van der Waals surface area contributed by atoms with E-state index >= 15 is 0 Å². The Balaban J connectivity index is 2.15. The lowest BCUT2D eigenvalue weighted by Gasteiger charge is -2.35. The van der Waals surface area contributed by atoms with Crippen molar-refractivity contribution in [2.24, 2.45) is 0 Å². The molecular weight excluding hydrogens is 272 g/mol. The molecule has 0 aromatic rings. The van der Waals surface area contributed by atoms with Gasteiger partial charge in [-0.25, -0.2) is 0 Å². The standard InChI is InChI=1S/C20H30O2/c1-3-17-21-19(11-7-5-8-12-19)15-16-20(22-18-4-2)13-9-6-10-14-20/h3-4H,1-2,5-14,17-18H2. The molecule has 2 fully saturated rings. The van der Waals surface area contributed by atoms with E-state index in [-0.39, 0.29) is 11.2 Å². The minimum Gasteiger partial charge on any atom is -0.358 e. The SMILES string of the molecule is C=CCOC1(C#CC2(OCC=C)CCCCC2)CCCCC1. The normalized spacial score (nSPS) is 23.1. The van der Waals surface area contributed by atoms with Crippen LogP contribution in [0.25, 0.3) is 0 Å². The van der Waals surface area contributed by atoms with Gasteiger partial charge in [0, 0.05) is 0 Å². The first-order valence-electron chi connectivity index (χ1n) is 8.78. The molecule has 122 valence electrons. The van der Waals surface area contributed by atoms with E-state index in [9.17, 15) is 0 Å². The van der Waals surface area contributed by atoms with Crippen LogP contribution in [-0.2, 0) is 9.47 Å². The fourth-order valence-electron chi connectivity index (χ4n) is 3.52. The van der Waals surface area contributed by atoms with E-state index in [2.05, 4.69) is 25.0 Å². The summed E-state index contributed by atoms with van der Waals surface area (Å²) in [6, 6.07) is 0. The van der Waals surface area contributed by atoms with Crippen molar-refractivity contribution in [1.29, 1.82) is 0 Å². The highest BCUT2D eigenvalue weighted by atomic mass is 16.5. The molecule has 0 aromatic carbocycles. The highest BCUT2D eigenvalue weighted by molar-refractivity contribution is 5.23. The van der Waals surface area contributed by atoms with Gasteiger partial charge in [-0.2, -0.15) is 0 Å². The van der Waals surface area contributed by atoms with Gasteiger partial charge >= 0.3 is 0 Å². The minimum absolute atomic E-state index is 0.283. The second-order valence-corrected chi connectivity index (χ2v) is 6.56. The Kier molecular flexibility index (Phi) is 6.73. The maximum Gasteiger partial charge on any atom is 0.129 e. The van der Waals surface area contributed by atoms with Crippen LogP contribution in [-0.4, -0.2) is 24.4 Å². The molecule has 0 spiro atoms. The van der Waals surface area contributed by atoms with Crippen molar-refractivity contribution >= 4 is 0 Å². The van der Waals surface area contributed by atoms with Crippen LogP contribution >= 0.6 is 0 Å². The van der Waals surface area contributed by atoms with Gasteiger partial charge in [0.2, 0.25) is 0 Å². The van der Waals surface area contributed by atoms with Crippen LogP contribution in [0.15, 0.2) is 25.3 Å². The van der Waals surface area contributed by atoms with E-state index in [0.29, 0.717) is 13.2 Å². The zero-order valence-electron chi connectivity index (χ0n) is 13.9. The molecule has 0 N–H and O–H groups in total. The Morgan fingerprint density at radius 3 is 1.36 bits per heavy atom. The molecule has 2 nitrogen and oxygen atoms in total. The van der Waals surface area contributed by atoms with E-state index in [0.717, 1.165) is 25.7 Å². The molecule has 0 aromatic heterocycles. The van der Waals surface area contributed by atoms with Crippen LogP contribution in [0.2, 0.25) is 0 Å². The van der Waals surface area contributed by atoms with Crippen LogP contribution in [0, 0.1) is 11.8 Å². The molecule has 0 aliphatic heterocycles. The van der Waals surface area contributed by atoms with Gasteiger partial charge in [0.05, 0.1) is 13.2 Å². The summed E-state index contributed by atoms with van der Waals surface area (Å²) in [6.45, 7) is 8.70. The van der Waals surface area contributed by atoms with Crippen molar-refractivity contribution < 1.29 is 9.47 Å². The molecule has 2 saturated carbocycles. The minimum atomic E-state index is -0.283. The highest BCUT2D eigenvalue weighted by Crippen LogP contribution is 2.34. The molecule has 22 heavy (non-hydrogen) atoms. The topological polar surface area (TPSA) is 18.5 Å². The van der Waals surface area contributed by atoms with Crippen LogP contribution in [0.5, 0.6) is 0 Å². The van der Waals surface area contributed by atoms with Gasteiger partial charge in [0.1, 0.15) is 11.2 Å². The lowest BCUT2D eigenvalue weighted by atomic mass is 9.81. The largest absolute Gasteiger partial charge is 0.358 e. The van der Waals surface area contributed by atoms with Gasteiger partial charge in [-0.05, 0) is 51.4 Å². The first-order valence-corrected chi connectivity index (χ1v) is 8.78. The second kappa shape index (κ2) is 8.56. The molecule has 2 aliphatic carbocycles. The third-order valence-electron chi connectivity index (χ3n) is 4.80. The lowest BCUT2D eigenvalue weighted by Crippen LogP contribution is -2.37. The summed E-state index contributed by atoms with van der Waals surface area (Å²) in [7, 11) is 0. The smallest absolute Gasteiger partial charge is 0.129 e. The second-order valence-electron chi connectivity index (χ2n) is 6.56. The first kappa shape index (κ1) is 17.3. The first-order chi connectivity index (χ1) is 10.7. The van der Waals surface area contributed by atoms with Crippen molar-refractivity contribution in [1.82, 2.24) is 0 Å². The van der Waals surface area contributed by atoms with Gasteiger partial charge < -0.3 is 9.47 Å². The maximum atomic E-state index is 6.09. The van der Waals surface area contributed by atoms with Gasteiger partial charge in [0.15, 0.2) is 0 Å². The Morgan fingerprint density at radius 1 is 0.682 bits per heavy atom. The van der Waals surface area contributed by atoms with Crippen LogP contribution in [0.1, 0.15) is 64.2 Å². The van der Waals surface area contributed by atoms with Crippen molar-refractivity contribution in [3.8, 4) is 11.8 Å². The van der Waals surface area contributed by atoms with Crippen molar-refractivity contribution in [2.45, 2.75) is 75.4 Å². The number of hydrogen-bond donors (Lipinski definition) is 0. The van der Waals surface area contributed by atoms with E-state index in [1.807, 2.05) is 12.2 Å². The summed E-state index contributed by atoms with van der Waals surface area (Å²) < 4.78 is 12.2. The fraction of sp³-hybridized carbons (Fsp3) is 0.700. The van der Waals surface area contributed by atoms with Crippen molar-refractivity contribution in [3.63, 3.8) is 0 Å². The molecule has 0 bridgehead atoms. The average molecular weight is 302 g/mol. The molecule has 0 amide bonds. The molecule has 0 heterocycles. The molecule has 2 heteroatoms. The summed E-state index contributed by atoms with van der Waals surface area (Å²) in [4.78, 5) is 0. The molecule has 0 radical (unpaired) electrons. The summed E-state index contributed by atoms with van der Waals surface area (Å²) >= 11 is 0. The van der Waals surface area contributed by atoms with E-state index in [1.54, 1.807) is 0 Å². The molecule has 0 atom stereocenters. The molecule has 0 saturated heterocycles. The monoisotopic (exact) mass is 302 g/mol. The number of hydrogen-bond acceptors (Lipinski definition) is 2. The predicted octanol–water partition coefficient (Wildman–Crippen LogP) is 4.80. The third-order valence-corrected chi connectivity index (χ3v) is 4.80. The quantitative estimate of drug-likeness (QED) is 0.518. The predicted molar refractivity (Wildman–Crippen MR) is 91.7 cm³/mol. The molecule has 2 rings (SSSR count). The summed E-state index contributed by atoms with van der Waals surface area (Å²) in [6.07, 6.45) is 15.2. The van der Waals surface area contributed by atoms with Gasteiger partial charge in [-0.3, -0.25) is 0 Å². The zero-order valence-corrected chi connectivity index (χ0v) is 13.9. The summed E-state index contributed by atoms with van der Waals surface area (Å²) in [5, 5.41) is 0. The van der Waals surface area contributed by atoms with Crippen molar-refractivity contribution in [3.05, 3.63) is 25.3 Å². The van der Waals surface area contributed by atoms with Crippen LogP contribution < -0.4 is 0 Å². The average Bonchev–Trinajstić information content (AvgIpc) is 2.58. The Bertz CT molecular complexity index is 377. The number of ether oxygens (including phenoxy) is 2. The zero-order chi connectivity index (χ0) is 15.7. The summed E-state index contributed by atoms with van der Waals surface area (Å²) in [5.74, 6) is 7.02. The lowest BCUT2D eigenvalue weighted by molar-refractivity contribution is -0.0198. The van der Waals surface area contributed by atoms with Gasteiger partial charge in [-0.15, -0.1) is 13.2 Å². The maximum absolute atomic E-state index is 6.09. The highest BCUT2D eigenvalue weighted by Gasteiger charge is 2.34. The van der Waals surface area contributed by atoms with Crippen molar-refractivity contribution in [2.75, 3.05) is 13.2 Å². The van der Waals surface area contributed by atoms with Gasteiger partial charge in [-0.1, -0.05) is 36.8 Å². The Labute approximate surface area is 136 Å². The fourth-order valence-corrected chi connectivity index (χ4v) is 3.52. The van der Waals surface area contributed by atoms with E-state index in [4.69, 9.17) is 9.47 Å². The third kappa shape index (κ3) is 4.73. The Morgan fingerprint density at radius 2 is 1.05 bits per heavy atom.